The lowest BCUT2D eigenvalue weighted by Crippen LogP contribution is -2.28. The van der Waals surface area contributed by atoms with Gasteiger partial charge in [-0.2, -0.15) is 0 Å². The first-order valence-electron chi connectivity index (χ1n) is 8.61. The van der Waals surface area contributed by atoms with E-state index in [0.717, 1.165) is 10.1 Å². The molecule has 2 amide bonds. The molecule has 0 radical (unpaired) electrons. The average molecular weight is 406 g/mol. The van der Waals surface area contributed by atoms with Gasteiger partial charge in [0.15, 0.2) is 15.8 Å². The number of fused-ring (bicyclic) bond motifs is 1. The largest absolute Gasteiger partial charge is 0.486 e. The summed E-state index contributed by atoms with van der Waals surface area (Å²) in [5.74, 6) is 1.44. The van der Waals surface area contributed by atoms with Crippen LogP contribution in [0.2, 0.25) is 0 Å². The van der Waals surface area contributed by atoms with E-state index in [4.69, 9.17) is 9.47 Å². The van der Waals surface area contributed by atoms with Gasteiger partial charge in [-0.15, -0.1) is 10.2 Å². The summed E-state index contributed by atoms with van der Waals surface area (Å²) in [4.78, 5) is 26.6. The van der Waals surface area contributed by atoms with Crippen LogP contribution in [0.5, 0.6) is 11.5 Å². The van der Waals surface area contributed by atoms with Gasteiger partial charge in [0.2, 0.25) is 16.9 Å². The van der Waals surface area contributed by atoms with Crippen LogP contribution in [0.25, 0.3) is 0 Å². The van der Waals surface area contributed by atoms with Gasteiger partial charge in [-0.25, -0.2) is 0 Å². The molecule has 2 aromatic rings. The number of carbonyl (C=O) groups is 2. The summed E-state index contributed by atoms with van der Waals surface area (Å²) in [5, 5.41) is 11.2. The first-order chi connectivity index (χ1) is 13.1. The molecule has 10 heteroatoms. The van der Waals surface area contributed by atoms with Gasteiger partial charge >= 0.3 is 0 Å². The third-order valence-corrected chi connectivity index (χ3v) is 6.09. The van der Waals surface area contributed by atoms with Gasteiger partial charge in [0.05, 0.1) is 5.92 Å². The van der Waals surface area contributed by atoms with E-state index in [9.17, 15) is 9.59 Å². The van der Waals surface area contributed by atoms with E-state index in [1.54, 1.807) is 28.8 Å². The van der Waals surface area contributed by atoms with E-state index in [1.165, 1.54) is 11.3 Å². The Labute approximate surface area is 164 Å². The Balaban J connectivity index is 1.43. The second-order valence-corrected chi connectivity index (χ2v) is 8.52. The van der Waals surface area contributed by atoms with E-state index in [0.29, 0.717) is 42.1 Å². The highest BCUT2D eigenvalue weighted by Gasteiger charge is 2.36. The standard InChI is InChI=1S/C17H18N4O4S2/c1-2-26-17-20-19-16(27-17)18-15(23)10-7-14(22)21(9-10)11-3-4-12-13(8-11)25-6-5-24-12/h3-4,8,10H,2,5-7,9H2,1H3,(H,18,19,23)/t10-/m0/s1. The van der Waals surface area contributed by atoms with E-state index < -0.39 is 5.92 Å². The van der Waals surface area contributed by atoms with E-state index in [-0.39, 0.29) is 18.2 Å². The van der Waals surface area contributed by atoms with Gasteiger partial charge in [-0.05, 0) is 17.9 Å². The molecule has 1 fully saturated rings. The molecule has 1 saturated heterocycles. The van der Waals surface area contributed by atoms with Gasteiger partial charge in [0.1, 0.15) is 13.2 Å². The zero-order chi connectivity index (χ0) is 18.8. The Morgan fingerprint density at radius 3 is 2.96 bits per heavy atom. The third-order valence-electron chi connectivity index (χ3n) is 4.24. The average Bonchev–Trinajstić information content (AvgIpc) is 3.28. The molecule has 0 saturated carbocycles. The van der Waals surface area contributed by atoms with Crippen LogP contribution in [-0.4, -0.2) is 47.5 Å². The maximum Gasteiger partial charge on any atom is 0.231 e. The van der Waals surface area contributed by atoms with Crippen LogP contribution in [0.3, 0.4) is 0 Å². The molecule has 4 rings (SSSR count). The molecule has 8 nitrogen and oxygen atoms in total. The summed E-state index contributed by atoms with van der Waals surface area (Å²) in [6.07, 6.45) is 0.162. The summed E-state index contributed by atoms with van der Waals surface area (Å²) < 4.78 is 11.9. The number of anilines is 2. The molecular weight excluding hydrogens is 388 g/mol. The minimum atomic E-state index is -0.433. The lowest BCUT2D eigenvalue weighted by molar-refractivity contribution is -0.122. The fraction of sp³-hybridized carbons (Fsp3) is 0.412. The Morgan fingerprint density at radius 2 is 2.15 bits per heavy atom. The number of aromatic nitrogens is 2. The van der Waals surface area contributed by atoms with Crippen molar-refractivity contribution in [3.05, 3.63) is 18.2 Å². The Morgan fingerprint density at radius 1 is 1.33 bits per heavy atom. The van der Waals surface area contributed by atoms with Crippen molar-refractivity contribution in [2.75, 3.05) is 35.7 Å². The van der Waals surface area contributed by atoms with E-state index in [2.05, 4.69) is 15.5 Å². The van der Waals surface area contributed by atoms with Gasteiger partial charge in [0, 0.05) is 24.7 Å². The smallest absolute Gasteiger partial charge is 0.231 e. The number of rotatable bonds is 5. The summed E-state index contributed by atoms with van der Waals surface area (Å²) >= 11 is 2.91. The van der Waals surface area contributed by atoms with Gasteiger partial charge < -0.3 is 19.7 Å². The molecule has 27 heavy (non-hydrogen) atoms. The zero-order valence-electron chi connectivity index (χ0n) is 14.6. The zero-order valence-corrected chi connectivity index (χ0v) is 16.3. The number of amides is 2. The Bertz CT molecular complexity index is 872. The van der Waals surface area contributed by atoms with Gasteiger partial charge in [-0.1, -0.05) is 30.0 Å². The predicted molar refractivity (Wildman–Crippen MR) is 103 cm³/mol. The van der Waals surface area contributed by atoms with Crippen molar-refractivity contribution in [1.29, 1.82) is 0 Å². The maximum atomic E-state index is 12.5. The number of hydrogen-bond donors (Lipinski definition) is 1. The fourth-order valence-electron chi connectivity index (χ4n) is 2.98. The number of thioether (sulfide) groups is 1. The van der Waals surface area contributed by atoms with Crippen molar-refractivity contribution in [2.45, 2.75) is 17.7 Å². The molecule has 0 aliphatic carbocycles. The molecule has 1 atom stereocenters. The SMILES string of the molecule is CCSc1nnc(NC(=O)[C@H]2CC(=O)N(c3ccc4c(c3)OCCO4)C2)s1. The predicted octanol–water partition coefficient (Wildman–Crippen LogP) is 2.41. The quantitative estimate of drug-likeness (QED) is 0.602. The van der Waals surface area contributed by atoms with Crippen molar-refractivity contribution in [3.8, 4) is 11.5 Å². The second kappa shape index (κ2) is 7.73. The van der Waals surface area contributed by atoms with Crippen molar-refractivity contribution < 1.29 is 19.1 Å². The molecular formula is C17H18N4O4S2. The Hall–Kier alpha value is -2.33. The van der Waals surface area contributed by atoms with Gasteiger partial charge in [0.25, 0.3) is 0 Å². The lowest BCUT2D eigenvalue weighted by Gasteiger charge is -2.22. The molecule has 1 aromatic heterocycles. The molecule has 1 N–H and O–H groups in total. The molecule has 0 spiro atoms. The second-order valence-electron chi connectivity index (χ2n) is 6.03. The summed E-state index contributed by atoms with van der Waals surface area (Å²) in [6.45, 7) is 3.34. The highest BCUT2D eigenvalue weighted by molar-refractivity contribution is 8.01. The topological polar surface area (TPSA) is 93.7 Å². The van der Waals surface area contributed by atoms with Crippen molar-refractivity contribution >= 4 is 45.7 Å². The number of nitrogens with zero attached hydrogens (tertiary/aromatic N) is 3. The monoisotopic (exact) mass is 406 g/mol. The summed E-state index contributed by atoms with van der Waals surface area (Å²) in [5.41, 5.74) is 0.706. The van der Waals surface area contributed by atoms with Crippen molar-refractivity contribution in [2.24, 2.45) is 5.92 Å². The molecule has 0 unspecified atom stereocenters. The van der Waals surface area contributed by atoms with Crippen molar-refractivity contribution in [3.63, 3.8) is 0 Å². The lowest BCUT2D eigenvalue weighted by atomic mass is 10.1. The van der Waals surface area contributed by atoms with Crippen LogP contribution in [0.4, 0.5) is 10.8 Å². The minimum Gasteiger partial charge on any atom is -0.486 e. The molecule has 142 valence electrons. The summed E-state index contributed by atoms with van der Waals surface area (Å²) in [6, 6.07) is 5.38. The minimum absolute atomic E-state index is 0.0914. The van der Waals surface area contributed by atoms with E-state index in [1.807, 2.05) is 13.0 Å². The number of nitrogens with one attached hydrogen (secondary N) is 1. The highest BCUT2D eigenvalue weighted by atomic mass is 32.2. The fourth-order valence-corrected chi connectivity index (χ4v) is 4.63. The number of carbonyl (C=O) groups excluding carboxylic acids is 2. The number of hydrogen-bond acceptors (Lipinski definition) is 8. The van der Waals surface area contributed by atoms with Crippen LogP contribution in [0.1, 0.15) is 13.3 Å². The molecule has 2 aliphatic rings. The van der Waals surface area contributed by atoms with Crippen LogP contribution in [-0.2, 0) is 9.59 Å². The van der Waals surface area contributed by atoms with Crippen LogP contribution >= 0.6 is 23.1 Å². The van der Waals surface area contributed by atoms with Crippen LogP contribution < -0.4 is 19.7 Å². The highest BCUT2D eigenvalue weighted by Crippen LogP contribution is 2.36. The third kappa shape index (κ3) is 3.86. The van der Waals surface area contributed by atoms with Crippen molar-refractivity contribution in [1.82, 2.24) is 10.2 Å². The van der Waals surface area contributed by atoms with Gasteiger partial charge in [-0.3, -0.25) is 9.59 Å². The maximum absolute atomic E-state index is 12.5. The number of ether oxygens (including phenoxy) is 2. The first-order valence-corrected chi connectivity index (χ1v) is 10.4. The Kier molecular flexibility index (Phi) is 5.17. The molecule has 1 aromatic carbocycles. The first kappa shape index (κ1) is 18.1. The molecule has 2 aliphatic heterocycles. The van der Waals surface area contributed by atoms with Crippen LogP contribution in [0.15, 0.2) is 22.5 Å². The summed E-state index contributed by atoms with van der Waals surface area (Å²) in [7, 11) is 0. The normalized spacial score (nSPS) is 18.6. The molecule has 3 heterocycles. The number of benzene rings is 1. The van der Waals surface area contributed by atoms with E-state index >= 15 is 0 Å². The molecule has 0 bridgehead atoms. The van der Waals surface area contributed by atoms with Crippen LogP contribution in [0, 0.1) is 5.92 Å².